The van der Waals surface area contributed by atoms with E-state index >= 15 is 0 Å². The van der Waals surface area contributed by atoms with Crippen LogP contribution in [0.5, 0.6) is 0 Å². The predicted octanol–water partition coefficient (Wildman–Crippen LogP) is 3.67. The van der Waals surface area contributed by atoms with Gasteiger partial charge in [0.2, 0.25) is 0 Å². The van der Waals surface area contributed by atoms with E-state index in [9.17, 15) is 0 Å². The second-order valence-electron chi connectivity index (χ2n) is 5.21. The van der Waals surface area contributed by atoms with E-state index < -0.39 is 5.54 Å². The topological polar surface area (TPSA) is 43.8 Å². The van der Waals surface area contributed by atoms with E-state index in [-0.39, 0.29) is 0 Å². The molecule has 0 saturated heterocycles. The molecule has 0 radical (unpaired) electrons. The molecule has 20 heavy (non-hydrogen) atoms. The van der Waals surface area contributed by atoms with E-state index in [1.165, 1.54) is 0 Å². The lowest BCUT2D eigenvalue weighted by molar-refractivity contribution is 0.408. The molecule has 3 nitrogen and oxygen atoms in total. The van der Waals surface area contributed by atoms with Crippen molar-refractivity contribution in [1.82, 2.24) is 9.78 Å². The van der Waals surface area contributed by atoms with Gasteiger partial charge in [0.25, 0.3) is 0 Å². The normalized spacial score (nSPS) is 14.2. The maximum Gasteiger partial charge on any atom is 0.0847 e. The fourth-order valence-electron chi connectivity index (χ4n) is 2.54. The molecule has 1 aromatic carbocycles. The zero-order valence-corrected chi connectivity index (χ0v) is 13.1. The summed E-state index contributed by atoms with van der Waals surface area (Å²) in [4.78, 5) is 0. The zero-order valence-electron chi connectivity index (χ0n) is 12.4. The van der Waals surface area contributed by atoms with Gasteiger partial charge in [-0.2, -0.15) is 5.10 Å². The lowest BCUT2D eigenvalue weighted by Crippen LogP contribution is -2.39. The first-order valence-corrected chi connectivity index (χ1v) is 7.45. The maximum absolute atomic E-state index is 6.65. The summed E-state index contributed by atoms with van der Waals surface area (Å²) in [5.74, 6) is 0. The van der Waals surface area contributed by atoms with Crippen molar-refractivity contribution in [2.75, 3.05) is 0 Å². The first kappa shape index (κ1) is 15.1. The van der Waals surface area contributed by atoms with Crippen LogP contribution in [0.2, 0.25) is 5.02 Å². The van der Waals surface area contributed by atoms with Crippen LogP contribution >= 0.6 is 11.6 Å². The number of halogens is 1. The lowest BCUT2D eigenvalue weighted by Gasteiger charge is -2.29. The van der Waals surface area contributed by atoms with Gasteiger partial charge in [-0.1, -0.05) is 48.9 Å². The van der Waals surface area contributed by atoms with Gasteiger partial charge in [-0.25, -0.2) is 0 Å². The molecule has 2 rings (SSSR count). The minimum absolute atomic E-state index is 0.412. The number of aromatic nitrogens is 2. The van der Waals surface area contributed by atoms with Crippen LogP contribution in [-0.2, 0) is 18.5 Å². The number of benzene rings is 1. The van der Waals surface area contributed by atoms with Crippen LogP contribution in [0.4, 0.5) is 0 Å². The summed E-state index contributed by atoms with van der Waals surface area (Å²) in [6.07, 6.45) is 1.54. The Labute approximate surface area is 125 Å². The molecule has 0 aliphatic heterocycles. The Kier molecular flexibility index (Phi) is 4.51. The van der Waals surface area contributed by atoms with Gasteiger partial charge < -0.3 is 5.73 Å². The number of aryl methyl sites for hydroxylation is 2. The Balaban J connectivity index is 2.41. The van der Waals surface area contributed by atoms with Crippen LogP contribution in [-0.4, -0.2) is 9.78 Å². The van der Waals surface area contributed by atoms with Gasteiger partial charge in [0.05, 0.1) is 16.4 Å². The van der Waals surface area contributed by atoms with Gasteiger partial charge in [-0.05, 0) is 25.8 Å². The molecule has 1 unspecified atom stereocenters. The molecular weight excluding hydrogens is 270 g/mol. The molecule has 0 bridgehead atoms. The lowest BCUT2D eigenvalue weighted by atomic mass is 9.84. The van der Waals surface area contributed by atoms with Crippen LogP contribution in [0.25, 0.3) is 0 Å². The smallest absolute Gasteiger partial charge is 0.0847 e. The van der Waals surface area contributed by atoms with Gasteiger partial charge in [0.1, 0.15) is 0 Å². The number of hydrogen-bond donors (Lipinski definition) is 1. The van der Waals surface area contributed by atoms with Crippen molar-refractivity contribution in [2.45, 2.75) is 45.7 Å². The third-order valence-electron chi connectivity index (χ3n) is 3.92. The van der Waals surface area contributed by atoms with Crippen LogP contribution in [0.1, 0.15) is 37.2 Å². The molecule has 0 aliphatic rings. The predicted molar refractivity (Wildman–Crippen MR) is 84.0 cm³/mol. The minimum atomic E-state index is -0.412. The quantitative estimate of drug-likeness (QED) is 0.913. The summed E-state index contributed by atoms with van der Waals surface area (Å²) in [5.41, 5.74) is 9.28. The summed E-state index contributed by atoms with van der Waals surface area (Å²) in [6.45, 7) is 6.92. The molecule has 0 spiro atoms. The molecule has 0 saturated carbocycles. The fraction of sp³-hybridized carbons (Fsp3) is 0.438. The van der Waals surface area contributed by atoms with Gasteiger partial charge in [0, 0.05) is 18.5 Å². The molecule has 0 fully saturated rings. The van der Waals surface area contributed by atoms with E-state index in [0.717, 1.165) is 34.9 Å². The van der Waals surface area contributed by atoms with E-state index in [0.29, 0.717) is 6.42 Å². The highest BCUT2D eigenvalue weighted by Gasteiger charge is 2.29. The van der Waals surface area contributed by atoms with Crippen molar-refractivity contribution >= 4 is 11.6 Å². The Bertz CT molecular complexity index is 577. The summed E-state index contributed by atoms with van der Waals surface area (Å²) in [6, 6.07) is 10.2. The fourth-order valence-corrected chi connectivity index (χ4v) is 2.74. The van der Waals surface area contributed by atoms with Crippen LogP contribution in [0.3, 0.4) is 0 Å². The van der Waals surface area contributed by atoms with E-state index in [1.54, 1.807) is 0 Å². The van der Waals surface area contributed by atoms with Gasteiger partial charge in [-0.3, -0.25) is 4.68 Å². The van der Waals surface area contributed by atoms with Crippen LogP contribution in [0.15, 0.2) is 30.3 Å². The Morgan fingerprint density at radius 2 is 1.90 bits per heavy atom. The van der Waals surface area contributed by atoms with Crippen LogP contribution < -0.4 is 5.73 Å². The molecule has 0 aliphatic carbocycles. The summed E-state index contributed by atoms with van der Waals surface area (Å²) < 4.78 is 1.96. The number of nitrogens with two attached hydrogens (primary N) is 1. The number of nitrogens with zero attached hydrogens (tertiary/aromatic N) is 2. The number of rotatable bonds is 5. The Morgan fingerprint density at radius 3 is 2.45 bits per heavy atom. The van der Waals surface area contributed by atoms with Crippen molar-refractivity contribution in [1.29, 1.82) is 0 Å². The van der Waals surface area contributed by atoms with Crippen molar-refractivity contribution in [3.05, 3.63) is 52.3 Å². The molecule has 1 aromatic heterocycles. The molecule has 2 N–H and O–H groups in total. The summed E-state index contributed by atoms with van der Waals surface area (Å²) in [7, 11) is 0. The highest BCUT2D eigenvalue weighted by Crippen LogP contribution is 2.30. The summed E-state index contributed by atoms with van der Waals surface area (Å²) >= 11 is 6.40. The summed E-state index contributed by atoms with van der Waals surface area (Å²) in [5, 5.41) is 5.21. The number of hydrogen-bond acceptors (Lipinski definition) is 2. The van der Waals surface area contributed by atoms with E-state index in [1.807, 2.05) is 29.8 Å². The first-order valence-electron chi connectivity index (χ1n) is 7.08. The Morgan fingerprint density at radius 1 is 1.25 bits per heavy atom. The molecule has 4 heteroatoms. The third kappa shape index (κ3) is 2.74. The molecule has 108 valence electrons. The second kappa shape index (κ2) is 5.98. The standard InChI is InChI=1S/C16H22ClN3/c1-4-16(18,13-9-7-6-8-10-13)11-14-15(17)12(3)19-20(14)5-2/h6-10H,4-5,11,18H2,1-3H3. The van der Waals surface area contributed by atoms with Gasteiger partial charge >= 0.3 is 0 Å². The molecule has 0 amide bonds. The van der Waals surface area contributed by atoms with Crippen molar-refractivity contribution < 1.29 is 0 Å². The van der Waals surface area contributed by atoms with Gasteiger partial charge in [-0.15, -0.1) is 0 Å². The Hall–Kier alpha value is -1.32. The average Bonchev–Trinajstić information content (AvgIpc) is 2.75. The maximum atomic E-state index is 6.65. The van der Waals surface area contributed by atoms with E-state index in [4.69, 9.17) is 17.3 Å². The van der Waals surface area contributed by atoms with E-state index in [2.05, 4.69) is 31.1 Å². The van der Waals surface area contributed by atoms with Gasteiger partial charge in [0.15, 0.2) is 0 Å². The second-order valence-corrected chi connectivity index (χ2v) is 5.59. The molecule has 2 aromatic rings. The van der Waals surface area contributed by atoms with Crippen molar-refractivity contribution in [3.63, 3.8) is 0 Å². The third-order valence-corrected chi connectivity index (χ3v) is 4.41. The highest BCUT2D eigenvalue weighted by molar-refractivity contribution is 6.31. The monoisotopic (exact) mass is 291 g/mol. The van der Waals surface area contributed by atoms with Crippen LogP contribution in [0, 0.1) is 6.92 Å². The SMILES string of the molecule is CCn1nc(C)c(Cl)c1CC(N)(CC)c1ccccc1. The minimum Gasteiger partial charge on any atom is -0.321 e. The molecule has 1 atom stereocenters. The zero-order chi connectivity index (χ0) is 14.8. The first-order chi connectivity index (χ1) is 9.51. The highest BCUT2D eigenvalue weighted by atomic mass is 35.5. The van der Waals surface area contributed by atoms with Crippen molar-refractivity contribution in [3.8, 4) is 0 Å². The molecule has 1 heterocycles. The van der Waals surface area contributed by atoms with Crippen molar-refractivity contribution in [2.24, 2.45) is 5.73 Å². The average molecular weight is 292 g/mol. The molecular formula is C16H22ClN3. The largest absolute Gasteiger partial charge is 0.321 e.